The highest BCUT2D eigenvalue weighted by molar-refractivity contribution is 6.09. The molecule has 12 atom stereocenters. The fraction of sp³-hybridized carbons (Fsp3) is 0.671. The van der Waals surface area contributed by atoms with E-state index in [0.29, 0.717) is 16.7 Å². The Balaban J connectivity index is 2.27. The largest absolute Gasteiger partial charge is 0.390 e. The molecule has 0 aliphatic carbocycles. The van der Waals surface area contributed by atoms with E-state index in [1.807, 2.05) is 61.5 Å². The molecule has 2 aromatic carbocycles. The molecular formula is C73H117N11O14. The van der Waals surface area contributed by atoms with E-state index >= 15 is 19.2 Å². The predicted octanol–water partition coefficient (Wildman–Crippen LogP) is 4.75. The average molecular weight is 1370 g/mol. The van der Waals surface area contributed by atoms with Crippen molar-refractivity contribution < 1.29 is 67.4 Å². The Morgan fingerprint density at radius 2 is 0.908 bits per heavy atom. The van der Waals surface area contributed by atoms with Crippen molar-refractivity contribution in [2.45, 2.75) is 216 Å². The topological polar surface area (TPSA) is 305 Å². The Hall–Kier alpha value is -7.80. The molecule has 5 N–H and O–H groups in total. The van der Waals surface area contributed by atoms with Crippen LogP contribution in [0.15, 0.2) is 54.6 Å². The van der Waals surface area contributed by atoms with Crippen LogP contribution in [0.5, 0.6) is 0 Å². The van der Waals surface area contributed by atoms with E-state index in [2.05, 4.69) is 21.3 Å². The molecule has 0 radical (unpaired) electrons. The Kier molecular flexibility index (Phi) is 33.2. The molecule has 1 heterocycles. The molecule has 1 aliphatic heterocycles. The van der Waals surface area contributed by atoms with Crippen molar-refractivity contribution in [3.05, 3.63) is 71.3 Å². The number of likely N-dealkylation sites (N-methyl/N-ethyl adjacent to an activating group) is 7. The smallest absolute Gasteiger partial charge is 0.246 e. The van der Waals surface area contributed by atoms with Crippen molar-refractivity contribution >= 4 is 70.8 Å². The van der Waals surface area contributed by atoms with Crippen LogP contribution < -0.4 is 21.3 Å². The van der Waals surface area contributed by atoms with Crippen molar-refractivity contribution in [1.82, 2.24) is 55.6 Å². The average Bonchev–Trinajstić information content (AvgIpc) is 0.799. The fourth-order valence-electron chi connectivity index (χ4n) is 12.2. The summed E-state index contributed by atoms with van der Waals surface area (Å²) in [5, 5.41) is 23.5. The van der Waals surface area contributed by atoms with Gasteiger partial charge in [0.1, 0.15) is 60.4 Å². The lowest BCUT2D eigenvalue weighted by Gasteiger charge is -2.41. The van der Waals surface area contributed by atoms with Gasteiger partial charge in [0.15, 0.2) is 5.78 Å². The van der Waals surface area contributed by atoms with Crippen LogP contribution in [-0.2, 0) is 64.1 Å². The van der Waals surface area contributed by atoms with Crippen LogP contribution in [0.2, 0.25) is 0 Å². The highest BCUT2D eigenvalue weighted by Crippen LogP contribution is 2.26. The Labute approximate surface area is 582 Å². The number of aliphatic hydroxyl groups excluding tert-OH is 1. The second-order valence-corrected chi connectivity index (χ2v) is 29.2. The number of benzene rings is 2. The number of carbonyl (C=O) groups excluding carboxylic acids is 12. The molecule has 98 heavy (non-hydrogen) atoms. The van der Waals surface area contributed by atoms with E-state index in [9.17, 15) is 43.5 Å². The van der Waals surface area contributed by atoms with Crippen LogP contribution in [-0.4, -0.2) is 239 Å². The van der Waals surface area contributed by atoms with Gasteiger partial charge < -0.3 is 65.4 Å². The number of hydrogen-bond donors (Lipinski definition) is 5. The number of carbonyl (C=O) groups is 12. The molecule has 25 nitrogen and oxygen atoms in total. The first-order chi connectivity index (χ1) is 45.6. The first-order valence-electron chi connectivity index (χ1n) is 34.6. The molecule has 1 saturated heterocycles. The van der Waals surface area contributed by atoms with E-state index in [0.717, 1.165) is 9.80 Å². The lowest BCUT2D eigenvalue weighted by atomic mass is 9.93. The fourth-order valence-corrected chi connectivity index (χ4v) is 12.2. The van der Waals surface area contributed by atoms with Crippen LogP contribution in [0.1, 0.15) is 164 Å². The first kappa shape index (κ1) is 84.4. The predicted molar refractivity (Wildman–Crippen MR) is 375 cm³/mol. The summed E-state index contributed by atoms with van der Waals surface area (Å²) in [6.45, 7) is 27.1. The summed E-state index contributed by atoms with van der Waals surface area (Å²) in [5.41, 5.74) is 1.69. The number of ketones is 1. The second-order valence-electron chi connectivity index (χ2n) is 29.2. The lowest BCUT2D eigenvalue weighted by Crippen LogP contribution is -2.63. The molecule has 0 spiro atoms. The molecular weight excluding hydrogens is 1250 g/mol. The second kappa shape index (κ2) is 38.5. The molecule has 0 bridgehead atoms. The number of nitrogens with one attached hydrogen (secondary N) is 4. The van der Waals surface area contributed by atoms with Gasteiger partial charge in [-0.3, -0.25) is 57.5 Å². The van der Waals surface area contributed by atoms with Crippen LogP contribution in [0.3, 0.4) is 0 Å². The molecule has 11 amide bonds. The van der Waals surface area contributed by atoms with Crippen LogP contribution in [0.25, 0.3) is 0 Å². The third-order valence-electron chi connectivity index (χ3n) is 18.2. The van der Waals surface area contributed by atoms with Gasteiger partial charge in [0.05, 0.1) is 25.9 Å². The molecule has 2 aromatic rings. The summed E-state index contributed by atoms with van der Waals surface area (Å²) in [6, 6.07) is 2.83. The van der Waals surface area contributed by atoms with Crippen molar-refractivity contribution in [3.8, 4) is 0 Å². The monoisotopic (exact) mass is 1370 g/mol. The number of hydrogen-bond acceptors (Lipinski definition) is 14. The van der Waals surface area contributed by atoms with Gasteiger partial charge in [-0.15, -0.1) is 0 Å². The summed E-state index contributed by atoms with van der Waals surface area (Å²) in [7, 11) is 9.79. The number of aliphatic hydroxyl groups is 1. The summed E-state index contributed by atoms with van der Waals surface area (Å²) in [5.74, 6) is -10.7. The van der Waals surface area contributed by atoms with Gasteiger partial charge in [-0.1, -0.05) is 152 Å². The molecule has 0 saturated carbocycles. The normalized spacial score (nSPS) is 24.7. The van der Waals surface area contributed by atoms with Gasteiger partial charge in [0.25, 0.3) is 0 Å². The summed E-state index contributed by atoms with van der Waals surface area (Å²) >= 11 is 0. The molecule has 0 aromatic heterocycles. The zero-order valence-corrected chi connectivity index (χ0v) is 62.6. The van der Waals surface area contributed by atoms with Gasteiger partial charge in [-0.05, 0) is 87.0 Å². The van der Waals surface area contributed by atoms with Gasteiger partial charge in [0, 0.05) is 66.4 Å². The summed E-state index contributed by atoms with van der Waals surface area (Å²) in [6.07, 6.45) is -1.21. The van der Waals surface area contributed by atoms with Crippen molar-refractivity contribution in [1.29, 1.82) is 0 Å². The quantitative estimate of drug-likeness (QED) is 0.119. The Morgan fingerprint density at radius 1 is 0.469 bits per heavy atom. The maximum absolute atomic E-state index is 15.4. The molecule has 548 valence electrons. The minimum atomic E-state index is -1.75. The third kappa shape index (κ3) is 23.2. The highest BCUT2D eigenvalue weighted by atomic mass is 16.5. The molecule has 1 fully saturated rings. The van der Waals surface area contributed by atoms with Gasteiger partial charge in [-0.25, -0.2) is 0 Å². The zero-order valence-electron chi connectivity index (χ0n) is 62.6. The molecule has 3 rings (SSSR count). The number of rotatable bonds is 19. The van der Waals surface area contributed by atoms with E-state index < -0.39 is 156 Å². The minimum Gasteiger partial charge on any atom is -0.390 e. The molecule has 1 aliphatic rings. The minimum absolute atomic E-state index is 0.0324. The molecule has 25 heteroatoms. The third-order valence-corrected chi connectivity index (χ3v) is 18.2. The summed E-state index contributed by atoms with van der Waals surface area (Å²) < 4.78 is 6.11. The first-order valence-corrected chi connectivity index (χ1v) is 34.6. The number of amides is 11. The standard InChI is InChI=1S/C73H117N11O14/c1-24-53-69(93)78(17)38-58(85)79(18)54(34-41(2)3)66(90)77-59(45(10)11)72(96)80(19)55(35-42(4)5)65(89)74-48(15)64(88)75-49(16)68(92)81(20)56(36-43(6)7)70(94)82(21)57(37-44(8)9)71(95)83(22)60(46(12)13)73(97)84(23)61(67(91)76-53)62(86)47(14)39-98-40-50-30-32-52(33-31-50)63(87)51-28-26-25-27-29-51/h25-33,41-49,53-57,59-62,86H,24,34-40H2,1-23H3,(H,74,89)(H,75,88)(H,76,91)(H,77,90)/t47-,48+,49-,53+,54+,55+,56+,57+,59+,60+,61+,62-/m1/s1. The lowest BCUT2D eigenvalue weighted by molar-refractivity contribution is -0.158. The van der Waals surface area contributed by atoms with Crippen molar-refractivity contribution in [2.24, 2.45) is 41.4 Å². The van der Waals surface area contributed by atoms with Gasteiger partial charge in [-0.2, -0.15) is 0 Å². The number of nitrogens with zero attached hydrogens (tertiary/aromatic N) is 7. The van der Waals surface area contributed by atoms with Crippen LogP contribution >= 0.6 is 0 Å². The van der Waals surface area contributed by atoms with Crippen molar-refractivity contribution in [2.75, 3.05) is 62.5 Å². The van der Waals surface area contributed by atoms with E-state index in [1.54, 1.807) is 90.1 Å². The van der Waals surface area contributed by atoms with Crippen LogP contribution in [0.4, 0.5) is 0 Å². The Bertz CT molecular complexity index is 3050. The zero-order chi connectivity index (χ0) is 74.7. The van der Waals surface area contributed by atoms with Crippen LogP contribution in [0, 0.1) is 41.4 Å². The highest BCUT2D eigenvalue weighted by Gasteiger charge is 2.46. The SMILES string of the molecule is CC[C@@H]1NC(=O)[C@H]([C@H](O)[C@H](C)COCc2ccc(C(=O)c3ccccc3)cc2)N(C)C(=O)[C@H](C(C)C)N(C)C(=O)[C@H](CC(C)C)N(C)C(=O)[C@H](CC(C)C)N(C)C(=O)[C@@H](C)NC(=O)[C@H](C)NC(=O)[C@H](CC(C)C)N(C)C(=O)[C@H](C(C)C)NC(=O)[C@H](CC(C)C)N(C)C(=O)CN(C)C1=O. The molecule has 0 unspecified atom stereocenters. The van der Waals surface area contributed by atoms with Crippen molar-refractivity contribution in [3.63, 3.8) is 0 Å². The maximum Gasteiger partial charge on any atom is 0.246 e. The summed E-state index contributed by atoms with van der Waals surface area (Å²) in [4.78, 5) is 183. The number of ether oxygens (including phenoxy) is 1. The van der Waals surface area contributed by atoms with E-state index in [-0.39, 0.29) is 74.8 Å². The van der Waals surface area contributed by atoms with E-state index in [1.165, 1.54) is 87.7 Å². The van der Waals surface area contributed by atoms with E-state index in [4.69, 9.17) is 4.74 Å². The van der Waals surface area contributed by atoms with Gasteiger partial charge in [0.2, 0.25) is 65.0 Å². The van der Waals surface area contributed by atoms with Gasteiger partial charge >= 0.3 is 0 Å². The Morgan fingerprint density at radius 3 is 1.40 bits per heavy atom. The maximum atomic E-state index is 15.4.